The van der Waals surface area contributed by atoms with Crippen molar-refractivity contribution in [1.29, 1.82) is 5.26 Å². The van der Waals surface area contributed by atoms with Gasteiger partial charge in [0.05, 0.1) is 29.9 Å². The lowest BCUT2D eigenvalue weighted by molar-refractivity contribution is -0.125. The van der Waals surface area contributed by atoms with Gasteiger partial charge in [-0.2, -0.15) is 10.4 Å². The average molecular weight is 442 g/mol. The number of carbonyl (C=O) groups excluding carboxylic acids is 2. The number of nitriles is 1. The number of hydrogen-bond donors (Lipinski definition) is 1. The lowest BCUT2D eigenvalue weighted by Crippen LogP contribution is -2.49. The molecule has 2 aromatic heterocycles. The van der Waals surface area contributed by atoms with Crippen LogP contribution >= 0.6 is 0 Å². The van der Waals surface area contributed by atoms with Gasteiger partial charge in [0.1, 0.15) is 12.7 Å². The maximum Gasteiger partial charge on any atom is 0.338 e. The summed E-state index contributed by atoms with van der Waals surface area (Å²) in [6.07, 6.45) is 5.20. The number of nitrogens with zero attached hydrogens (tertiary/aromatic N) is 5. The first-order chi connectivity index (χ1) is 15.9. The van der Waals surface area contributed by atoms with Gasteiger partial charge in [-0.05, 0) is 42.7 Å². The predicted molar refractivity (Wildman–Crippen MR) is 117 cm³/mol. The van der Waals surface area contributed by atoms with Crippen LogP contribution in [0.4, 0.5) is 0 Å². The monoisotopic (exact) mass is 442 g/mol. The highest BCUT2D eigenvalue weighted by molar-refractivity contribution is 5.94. The molecule has 1 saturated heterocycles. The van der Waals surface area contributed by atoms with Crippen LogP contribution in [0.3, 0.4) is 0 Å². The minimum atomic E-state index is -0.294. The van der Waals surface area contributed by atoms with E-state index in [0.717, 1.165) is 27.8 Å². The lowest BCUT2D eigenvalue weighted by atomic mass is 9.93. The van der Waals surface area contributed by atoms with E-state index in [1.807, 2.05) is 32.2 Å². The van der Waals surface area contributed by atoms with Crippen molar-refractivity contribution < 1.29 is 14.3 Å². The van der Waals surface area contributed by atoms with E-state index in [-0.39, 0.29) is 24.5 Å². The van der Waals surface area contributed by atoms with E-state index in [2.05, 4.69) is 26.4 Å². The van der Waals surface area contributed by atoms with Gasteiger partial charge in [0.15, 0.2) is 5.82 Å². The van der Waals surface area contributed by atoms with Gasteiger partial charge in [0, 0.05) is 36.6 Å². The Bertz CT molecular complexity index is 1320. The molecular weight excluding hydrogens is 420 g/mol. The van der Waals surface area contributed by atoms with Gasteiger partial charge in [-0.25, -0.2) is 14.5 Å². The SMILES string of the molecule is Cc1cc(-n2cc(CN3CC(=O)NC(c4ccc5c(c4C)COC5=O)C3)cn2)ncc1C#N. The van der Waals surface area contributed by atoms with E-state index >= 15 is 0 Å². The standard InChI is InChI=1S/C24H22N6O3/c1-14-5-22(26-8-17(14)6-25)30-10-16(7-27-30)9-29-11-21(28-23(31)12-29)18-3-4-19-20(15(18)2)13-33-24(19)32/h3-5,7-8,10,21H,9,11-13H2,1-2H3,(H,28,31). The second-order valence-corrected chi connectivity index (χ2v) is 8.43. The Hall–Kier alpha value is -4.03. The number of hydrogen-bond acceptors (Lipinski definition) is 7. The molecule has 4 heterocycles. The normalized spacial score (nSPS) is 17.9. The van der Waals surface area contributed by atoms with Gasteiger partial charge in [0.25, 0.3) is 0 Å². The summed E-state index contributed by atoms with van der Waals surface area (Å²) in [6.45, 7) is 5.60. The van der Waals surface area contributed by atoms with Crippen molar-refractivity contribution in [2.75, 3.05) is 13.1 Å². The Morgan fingerprint density at radius 2 is 2.12 bits per heavy atom. The third kappa shape index (κ3) is 3.85. The Morgan fingerprint density at radius 3 is 2.91 bits per heavy atom. The summed E-state index contributed by atoms with van der Waals surface area (Å²) < 4.78 is 6.83. The number of benzene rings is 1. The number of aryl methyl sites for hydroxylation is 1. The number of nitrogens with one attached hydrogen (secondary N) is 1. The molecule has 0 spiro atoms. The quantitative estimate of drug-likeness (QED) is 0.616. The van der Waals surface area contributed by atoms with E-state index in [1.54, 1.807) is 23.1 Å². The van der Waals surface area contributed by atoms with E-state index in [0.29, 0.717) is 36.6 Å². The number of cyclic esters (lactones) is 1. The van der Waals surface area contributed by atoms with Crippen LogP contribution in [0.25, 0.3) is 5.82 Å². The Morgan fingerprint density at radius 1 is 1.27 bits per heavy atom. The van der Waals surface area contributed by atoms with E-state index < -0.39 is 0 Å². The molecule has 2 aliphatic heterocycles. The van der Waals surface area contributed by atoms with E-state index in [4.69, 9.17) is 10.00 Å². The van der Waals surface area contributed by atoms with Crippen LogP contribution in [-0.2, 0) is 22.7 Å². The minimum absolute atomic E-state index is 0.0461. The molecule has 33 heavy (non-hydrogen) atoms. The fourth-order valence-corrected chi connectivity index (χ4v) is 4.46. The van der Waals surface area contributed by atoms with Crippen LogP contribution in [0.15, 0.2) is 36.8 Å². The zero-order valence-electron chi connectivity index (χ0n) is 18.3. The molecule has 5 rings (SSSR count). The van der Waals surface area contributed by atoms with Crippen LogP contribution < -0.4 is 5.32 Å². The molecule has 2 aliphatic rings. The van der Waals surface area contributed by atoms with Gasteiger partial charge in [0.2, 0.25) is 5.91 Å². The second-order valence-electron chi connectivity index (χ2n) is 8.43. The first-order valence-electron chi connectivity index (χ1n) is 10.6. The summed E-state index contributed by atoms with van der Waals surface area (Å²) in [7, 11) is 0. The molecule has 0 aliphatic carbocycles. The molecule has 1 fully saturated rings. The average Bonchev–Trinajstić information content (AvgIpc) is 3.41. The molecule has 1 N–H and O–H groups in total. The molecular formula is C24H22N6O3. The molecule has 9 nitrogen and oxygen atoms in total. The maximum atomic E-state index is 12.5. The van der Waals surface area contributed by atoms with Crippen molar-refractivity contribution in [3.8, 4) is 11.9 Å². The number of ether oxygens (including phenoxy) is 1. The second kappa shape index (κ2) is 8.15. The summed E-state index contributed by atoms with van der Waals surface area (Å²) in [6, 6.07) is 7.46. The highest BCUT2D eigenvalue weighted by Gasteiger charge is 2.30. The van der Waals surface area contributed by atoms with Gasteiger partial charge < -0.3 is 10.1 Å². The number of fused-ring (bicyclic) bond motifs is 1. The topological polar surface area (TPSA) is 113 Å². The summed E-state index contributed by atoms with van der Waals surface area (Å²) in [5, 5.41) is 16.6. The molecule has 0 saturated carbocycles. The molecule has 3 aromatic rings. The Kier molecular flexibility index (Phi) is 5.15. The minimum Gasteiger partial charge on any atom is -0.457 e. The van der Waals surface area contributed by atoms with E-state index in [9.17, 15) is 9.59 Å². The largest absolute Gasteiger partial charge is 0.457 e. The summed E-state index contributed by atoms with van der Waals surface area (Å²) in [5.41, 5.74) is 5.82. The van der Waals surface area contributed by atoms with Crippen molar-refractivity contribution in [3.63, 3.8) is 0 Å². The summed E-state index contributed by atoms with van der Waals surface area (Å²) in [5.74, 6) is 0.297. The van der Waals surface area contributed by atoms with Gasteiger partial charge in [-0.1, -0.05) is 6.07 Å². The highest BCUT2D eigenvalue weighted by atomic mass is 16.5. The smallest absolute Gasteiger partial charge is 0.338 e. The number of carbonyl (C=O) groups is 2. The van der Waals surface area contributed by atoms with Gasteiger partial charge in [-0.3, -0.25) is 9.69 Å². The number of rotatable bonds is 4. The fourth-order valence-electron chi connectivity index (χ4n) is 4.46. The van der Waals surface area contributed by atoms with Crippen molar-refractivity contribution in [2.24, 2.45) is 0 Å². The number of piperazine rings is 1. The number of aromatic nitrogens is 3. The van der Waals surface area contributed by atoms with Crippen LogP contribution in [0.5, 0.6) is 0 Å². The van der Waals surface area contributed by atoms with Crippen LogP contribution in [0.2, 0.25) is 0 Å². The fraction of sp³-hybridized carbons (Fsp3) is 0.292. The van der Waals surface area contributed by atoms with Gasteiger partial charge >= 0.3 is 5.97 Å². The third-order valence-corrected chi connectivity index (χ3v) is 6.22. The Balaban J connectivity index is 1.33. The molecule has 0 radical (unpaired) electrons. The summed E-state index contributed by atoms with van der Waals surface area (Å²) >= 11 is 0. The maximum absolute atomic E-state index is 12.5. The van der Waals surface area contributed by atoms with Crippen molar-refractivity contribution >= 4 is 11.9 Å². The number of amides is 1. The molecule has 166 valence electrons. The molecule has 1 atom stereocenters. The highest BCUT2D eigenvalue weighted by Crippen LogP contribution is 2.30. The molecule has 1 amide bonds. The zero-order chi connectivity index (χ0) is 23.1. The number of pyridine rings is 1. The van der Waals surface area contributed by atoms with Crippen LogP contribution in [0.1, 0.15) is 49.8 Å². The lowest BCUT2D eigenvalue weighted by Gasteiger charge is -2.34. The number of esters is 1. The molecule has 0 bridgehead atoms. The van der Waals surface area contributed by atoms with Crippen LogP contribution in [-0.4, -0.2) is 44.6 Å². The van der Waals surface area contributed by atoms with Crippen molar-refractivity contribution in [2.45, 2.75) is 33.0 Å². The predicted octanol–water partition coefficient (Wildman–Crippen LogP) is 2.10. The van der Waals surface area contributed by atoms with Gasteiger partial charge in [-0.15, -0.1) is 0 Å². The van der Waals surface area contributed by atoms with E-state index in [1.165, 1.54) is 0 Å². The third-order valence-electron chi connectivity index (χ3n) is 6.22. The van der Waals surface area contributed by atoms with Crippen molar-refractivity contribution in [3.05, 3.63) is 75.7 Å². The zero-order valence-corrected chi connectivity index (χ0v) is 18.3. The molecule has 1 aromatic carbocycles. The van der Waals surface area contributed by atoms with Crippen molar-refractivity contribution in [1.82, 2.24) is 25.0 Å². The first kappa shape index (κ1) is 20.8. The van der Waals surface area contributed by atoms with Crippen LogP contribution in [0, 0.1) is 25.2 Å². The first-order valence-corrected chi connectivity index (χ1v) is 10.6. The molecule has 1 unspecified atom stereocenters. The molecule has 9 heteroatoms. The Labute approximate surface area is 190 Å². The summed E-state index contributed by atoms with van der Waals surface area (Å²) in [4.78, 5) is 30.7.